The first-order valence-electron chi connectivity index (χ1n) is 10.2. The summed E-state index contributed by atoms with van der Waals surface area (Å²) in [5.41, 5.74) is 3.77. The van der Waals surface area contributed by atoms with Gasteiger partial charge in [0.1, 0.15) is 5.69 Å². The molecule has 0 aliphatic carbocycles. The predicted molar refractivity (Wildman–Crippen MR) is 115 cm³/mol. The number of amides is 3. The van der Waals surface area contributed by atoms with E-state index in [4.69, 9.17) is 4.74 Å². The van der Waals surface area contributed by atoms with Crippen molar-refractivity contribution in [2.24, 2.45) is 4.99 Å². The number of aromatic nitrogens is 2. The molecule has 31 heavy (non-hydrogen) atoms. The van der Waals surface area contributed by atoms with Crippen LogP contribution in [0.3, 0.4) is 0 Å². The zero-order valence-electron chi connectivity index (χ0n) is 18.5. The third-order valence-electron chi connectivity index (χ3n) is 5.59. The Morgan fingerprint density at radius 1 is 1.13 bits per heavy atom. The molecular formula is C22H27N6O3+. The summed E-state index contributed by atoms with van der Waals surface area (Å²) in [7, 11) is 3.27. The number of nitrogens with zero attached hydrogens (tertiary/aromatic N) is 6. The number of ether oxygens (including phenoxy) is 1. The molecule has 1 aromatic heterocycles. The first-order chi connectivity index (χ1) is 14.8. The Morgan fingerprint density at radius 3 is 2.45 bits per heavy atom. The van der Waals surface area contributed by atoms with Gasteiger partial charge in [-0.25, -0.2) is 9.37 Å². The van der Waals surface area contributed by atoms with Crippen molar-refractivity contribution in [3.05, 3.63) is 52.8 Å². The zero-order valence-corrected chi connectivity index (χ0v) is 18.5. The largest absolute Gasteiger partial charge is 0.421 e. The molecule has 0 bridgehead atoms. The number of aliphatic imine (C=N–C) groups is 1. The fraction of sp³-hybridized carbons (Fsp3) is 0.409. The van der Waals surface area contributed by atoms with E-state index >= 15 is 0 Å². The first kappa shape index (κ1) is 20.9. The van der Waals surface area contributed by atoms with Gasteiger partial charge >= 0.3 is 12.0 Å². The molecular weight excluding hydrogens is 396 g/mol. The highest BCUT2D eigenvalue weighted by atomic mass is 16.5. The van der Waals surface area contributed by atoms with Gasteiger partial charge in [0, 0.05) is 14.2 Å². The molecule has 0 spiro atoms. The number of aryl methyl sites for hydroxylation is 3. The number of carbonyl (C=O) groups is 2. The molecule has 1 saturated heterocycles. The molecule has 2 aliphatic heterocycles. The van der Waals surface area contributed by atoms with E-state index in [-0.39, 0.29) is 18.5 Å². The number of carbonyl (C=O) groups excluding carboxylic acids is 2. The molecule has 9 nitrogen and oxygen atoms in total. The third-order valence-corrected chi connectivity index (χ3v) is 5.59. The van der Waals surface area contributed by atoms with Gasteiger partial charge in [0.2, 0.25) is 11.9 Å². The van der Waals surface area contributed by atoms with Crippen molar-refractivity contribution in [1.29, 1.82) is 0 Å². The molecule has 2 aliphatic rings. The summed E-state index contributed by atoms with van der Waals surface area (Å²) in [5.74, 6) is 0.636. The van der Waals surface area contributed by atoms with Gasteiger partial charge in [0.15, 0.2) is 0 Å². The van der Waals surface area contributed by atoms with Crippen LogP contribution in [0.25, 0.3) is 0 Å². The van der Waals surface area contributed by atoms with Crippen LogP contribution in [0.15, 0.2) is 35.3 Å². The van der Waals surface area contributed by atoms with E-state index in [0.29, 0.717) is 24.9 Å². The van der Waals surface area contributed by atoms with Crippen LogP contribution >= 0.6 is 0 Å². The van der Waals surface area contributed by atoms with Crippen LogP contribution < -0.4 is 0 Å². The number of rotatable bonds is 5. The van der Waals surface area contributed by atoms with Crippen LogP contribution in [-0.2, 0) is 16.1 Å². The van der Waals surface area contributed by atoms with Gasteiger partial charge in [-0.3, -0.25) is 14.6 Å². The fourth-order valence-corrected chi connectivity index (χ4v) is 3.95. The molecule has 1 fully saturated rings. The molecule has 1 atom stereocenters. The summed E-state index contributed by atoms with van der Waals surface area (Å²) in [6.07, 6.45) is 0. The summed E-state index contributed by atoms with van der Waals surface area (Å²) >= 11 is 0. The van der Waals surface area contributed by atoms with Crippen LogP contribution in [-0.4, -0.2) is 81.2 Å². The zero-order chi connectivity index (χ0) is 22.3. The summed E-state index contributed by atoms with van der Waals surface area (Å²) in [4.78, 5) is 34.0. The maximum absolute atomic E-state index is 13.5. The molecule has 1 aromatic carbocycles. The molecule has 3 heterocycles. The second-order valence-electron chi connectivity index (χ2n) is 7.95. The highest BCUT2D eigenvalue weighted by molar-refractivity contribution is 6.22. The van der Waals surface area contributed by atoms with Gasteiger partial charge in [-0.2, -0.15) is 0 Å². The van der Waals surface area contributed by atoms with Crippen LogP contribution in [0.5, 0.6) is 0 Å². The van der Waals surface area contributed by atoms with Crippen molar-refractivity contribution in [3.63, 3.8) is 0 Å². The van der Waals surface area contributed by atoms with Gasteiger partial charge < -0.3 is 4.74 Å². The van der Waals surface area contributed by atoms with Crippen molar-refractivity contribution < 1.29 is 18.9 Å². The molecule has 3 amide bonds. The van der Waals surface area contributed by atoms with E-state index in [2.05, 4.69) is 10.1 Å². The maximum Gasteiger partial charge on any atom is 0.421 e. The van der Waals surface area contributed by atoms with Gasteiger partial charge in [0.25, 0.3) is 5.91 Å². The van der Waals surface area contributed by atoms with Crippen molar-refractivity contribution in [3.8, 4) is 0 Å². The number of likely N-dealkylation sites (N-methyl/N-ethyl adjacent to an activating group) is 1. The molecule has 0 N–H and O–H groups in total. The van der Waals surface area contributed by atoms with Gasteiger partial charge in [0.05, 0.1) is 25.4 Å². The Balaban J connectivity index is 1.75. The van der Waals surface area contributed by atoms with E-state index in [1.807, 2.05) is 55.7 Å². The molecule has 1 unspecified atom stereocenters. The number of urea groups is 1. The Morgan fingerprint density at radius 2 is 1.84 bits per heavy atom. The van der Waals surface area contributed by atoms with E-state index in [0.717, 1.165) is 22.5 Å². The third kappa shape index (κ3) is 3.65. The van der Waals surface area contributed by atoms with Crippen molar-refractivity contribution in [2.75, 3.05) is 27.3 Å². The van der Waals surface area contributed by atoms with Crippen molar-refractivity contribution >= 4 is 23.7 Å². The minimum atomic E-state index is -0.706. The van der Waals surface area contributed by atoms with E-state index in [9.17, 15) is 9.59 Å². The Bertz CT molecular complexity index is 1100. The van der Waals surface area contributed by atoms with Gasteiger partial charge in [-0.15, -0.1) is 9.78 Å². The maximum atomic E-state index is 13.5. The summed E-state index contributed by atoms with van der Waals surface area (Å²) in [6, 6.07) is 8.67. The summed E-state index contributed by atoms with van der Waals surface area (Å²) < 4.78 is 8.86. The first-order valence-corrected chi connectivity index (χ1v) is 10.2. The lowest BCUT2D eigenvalue weighted by atomic mass is 10.1. The number of amidine groups is 1. The molecule has 0 saturated carbocycles. The molecule has 162 valence electrons. The average Bonchev–Trinajstić information content (AvgIpc) is 3.28. The Kier molecular flexibility index (Phi) is 5.45. The molecule has 4 rings (SSSR count). The standard InChI is InChI=1S/C22H27N6O3/c1-14-6-8-17(9-7-14)13-27-20(29)18-19(25(4)22(27)30)23-21(26(18)10-11-31-5)28-16(3)12-15(2)24-28/h6-9,12,18H,10-11,13H2,1-5H3/q+1. The quantitative estimate of drug-likeness (QED) is 0.683. The second-order valence-corrected chi connectivity index (χ2v) is 7.95. The molecule has 2 aromatic rings. The van der Waals surface area contributed by atoms with Crippen LogP contribution in [0, 0.1) is 20.8 Å². The van der Waals surface area contributed by atoms with Gasteiger partial charge in [-0.05, 0) is 32.4 Å². The predicted octanol–water partition coefficient (Wildman–Crippen LogP) is 1.55. The fourth-order valence-electron chi connectivity index (χ4n) is 3.95. The molecule has 0 radical (unpaired) electrons. The van der Waals surface area contributed by atoms with E-state index < -0.39 is 6.04 Å². The van der Waals surface area contributed by atoms with Crippen LogP contribution in [0.2, 0.25) is 0 Å². The topological polar surface area (TPSA) is 83.0 Å². The number of hydrogen-bond donors (Lipinski definition) is 0. The average molecular weight is 423 g/mol. The van der Waals surface area contributed by atoms with E-state index in [1.54, 1.807) is 18.8 Å². The SMILES string of the molecule is COCC[N+]1=C(n2nc(C)cc2C)N=C2C1C(=O)N(Cc1ccc(C)cc1)C(=O)N2C. The molecule has 9 heteroatoms. The lowest BCUT2D eigenvalue weighted by Gasteiger charge is -2.34. The highest BCUT2D eigenvalue weighted by Crippen LogP contribution is 2.23. The Labute approximate surface area is 181 Å². The number of imide groups is 1. The number of methoxy groups -OCH3 is 1. The van der Waals surface area contributed by atoms with Crippen molar-refractivity contribution in [2.45, 2.75) is 33.4 Å². The lowest BCUT2D eigenvalue weighted by Crippen LogP contribution is -2.62. The smallest absolute Gasteiger partial charge is 0.381 e. The normalized spacial score (nSPS) is 18.7. The number of benzene rings is 1. The minimum Gasteiger partial charge on any atom is -0.381 e. The summed E-state index contributed by atoms with van der Waals surface area (Å²) in [5, 5.41) is 4.53. The highest BCUT2D eigenvalue weighted by Gasteiger charge is 2.53. The lowest BCUT2D eigenvalue weighted by molar-refractivity contribution is -0.539. The minimum absolute atomic E-state index is 0.208. The van der Waals surface area contributed by atoms with Crippen LogP contribution in [0.4, 0.5) is 4.79 Å². The number of fused-ring (bicyclic) bond motifs is 1. The van der Waals surface area contributed by atoms with Crippen LogP contribution in [0.1, 0.15) is 22.5 Å². The monoisotopic (exact) mass is 423 g/mol. The number of hydrogen-bond acceptors (Lipinski definition) is 5. The second kappa shape index (κ2) is 8.07. The van der Waals surface area contributed by atoms with E-state index in [1.165, 1.54) is 9.80 Å². The Hall–Kier alpha value is -3.33. The summed E-state index contributed by atoms with van der Waals surface area (Å²) in [6.45, 7) is 6.89. The van der Waals surface area contributed by atoms with Crippen molar-refractivity contribution in [1.82, 2.24) is 19.6 Å². The van der Waals surface area contributed by atoms with Gasteiger partial charge in [-0.1, -0.05) is 34.8 Å².